The Labute approximate surface area is 128 Å². The summed E-state index contributed by atoms with van der Waals surface area (Å²) >= 11 is 0. The first-order valence-corrected chi connectivity index (χ1v) is 7.43. The zero-order chi connectivity index (χ0) is 15.7. The Hall–Kier alpha value is -2.15. The largest absolute Gasteiger partial charge is 0.377 e. The van der Waals surface area contributed by atoms with Gasteiger partial charge >= 0.3 is 0 Å². The molecule has 3 heterocycles. The van der Waals surface area contributed by atoms with Gasteiger partial charge in [-0.15, -0.1) is 0 Å². The Morgan fingerprint density at radius 3 is 2.95 bits per heavy atom. The maximum atomic E-state index is 12.7. The molecule has 3 rings (SSSR count). The number of hydrogen-bond acceptors (Lipinski definition) is 5. The van der Waals surface area contributed by atoms with Crippen LogP contribution in [-0.4, -0.2) is 45.7 Å². The van der Waals surface area contributed by atoms with E-state index in [1.807, 2.05) is 20.8 Å². The standard InChI is InChI=1S/C15H20N4O3/c1-9(2)11-6-13(22-18-11)15(20)19-4-5-21-8-12(19)14-16-7-10(3)17-14/h6-7,9,12H,4-5,8H2,1-3H3,(H,16,17). The van der Waals surface area contributed by atoms with Crippen molar-refractivity contribution in [1.29, 1.82) is 0 Å². The maximum Gasteiger partial charge on any atom is 0.293 e. The van der Waals surface area contributed by atoms with Gasteiger partial charge in [-0.2, -0.15) is 0 Å². The molecule has 0 saturated carbocycles. The van der Waals surface area contributed by atoms with E-state index >= 15 is 0 Å². The molecule has 118 valence electrons. The number of aryl methyl sites for hydroxylation is 1. The zero-order valence-corrected chi connectivity index (χ0v) is 13.0. The van der Waals surface area contributed by atoms with Crippen LogP contribution >= 0.6 is 0 Å². The van der Waals surface area contributed by atoms with Crippen molar-refractivity contribution in [1.82, 2.24) is 20.0 Å². The minimum Gasteiger partial charge on any atom is -0.377 e. The van der Waals surface area contributed by atoms with E-state index in [-0.39, 0.29) is 23.6 Å². The van der Waals surface area contributed by atoms with Crippen LogP contribution in [0.15, 0.2) is 16.8 Å². The van der Waals surface area contributed by atoms with E-state index in [0.717, 1.165) is 17.2 Å². The van der Waals surface area contributed by atoms with Gasteiger partial charge < -0.3 is 19.1 Å². The number of imidazole rings is 1. The van der Waals surface area contributed by atoms with Gasteiger partial charge in [0, 0.05) is 24.5 Å². The van der Waals surface area contributed by atoms with Crippen LogP contribution in [0, 0.1) is 6.92 Å². The van der Waals surface area contributed by atoms with Crippen molar-refractivity contribution in [3.63, 3.8) is 0 Å². The average Bonchev–Trinajstić information content (AvgIpc) is 3.15. The summed E-state index contributed by atoms with van der Waals surface area (Å²) in [6.07, 6.45) is 1.75. The third-order valence-corrected chi connectivity index (χ3v) is 3.76. The molecule has 0 bridgehead atoms. The van der Waals surface area contributed by atoms with Gasteiger partial charge in [0.2, 0.25) is 5.76 Å². The molecule has 1 fully saturated rings. The van der Waals surface area contributed by atoms with Crippen LogP contribution in [0.4, 0.5) is 0 Å². The smallest absolute Gasteiger partial charge is 0.293 e. The minimum absolute atomic E-state index is 0.179. The molecule has 7 heteroatoms. The Kier molecular flexibility index (Phi) is 3.98. The first kappa shape index (κ1) is 14.8. The third-order valence-electron chi connectivity index (χ3n) is 3.76. The highest BCUT2D eigenvalue weighted by Gasteiger charge is 2.33. The van der Waals surface area contributed by atoms with Crippen molar-refractivity contribution < 1.29 is 14.1 Å². The molecule has 0 spiro atoms. The summed E-state index contributed by atoms with van der Waals surface area (Å²) < 4.78 is 10.7. The Bertz CT molecular complexity index is 661. The number of hydrogen-bond donors (Lipinski definition) is 1. The second kappa shape index (κ2) is 5.92. The van der Waals surface area contributed by atoms with Crippen LogP contribution in [0.1, 0.15) is 53.6 Å². The predicted molar refractivity (Wildman–Crippen MR) is 78.5 cm³/mol. The number of nitrogens with zero attached hydrogens (tertiary/aromatic N) is 3. The minimum atomic E-state index is -0.234. The Morgan fingerprint density at radius 2 is 2.32 bits per heavy atom. The highest BCUT2D eigenvalue weighted by Crippen LogP contribution is 2.25. The Balaban J connectivity index is 1.84. The lowest BCUT2D eigenvalue weighted by molar-refractivity contribution is -0.00692. The number of carbonyl (C=O) groups is 1. The van der Waals surface area contributed by atoms with Gasteiger partial charge in [0.05, 0.1) is 18.9 Å². The number of aromatic amines is 1. The average molecular weight is 304 g/mol. The van der Waals surface area contributed by atoms with Gasteiger partial charge in [-0.3, -0.25) is 4.79 Å². The van der Waals surface area contributed by atoms with Crippen LogP contribution in [0.5, 0.6) is 0 Å². The fourth-order valence-corrected chi connectivity index (χ4v) is 2.48. The van der Waals surface area contributed by atoms with E-state index in [1.165, 1.54) is 0 Å². The number of rotatable bonds is 3. The van der Waals surface area contributed by atoms with E-state index in [2.05, 4.69) is 15.1 Å². The number of H-pyrrole nitrogens is 1. The molecule has 1 atom stereocenters. The summed E-state index contributed by atoms with van der Waals surface area (Å²) in [5.74, 6) is 1.04. The first-order chi connectivity index (χ1) is 10.6. The molecule has 2 aromatic rings. The fourth-order valence-electron chi connectivity index (χ4n) is 2.48. The van der Waals surface area contributed by atoms with Crippen molar-refractivity contribution in [2.75, 3.05) is 19.8 Å². The lowest BCUT2D eigenvalue weighted by Crippen LogP contribution is -2.43. The number of morpholine rings is 1. The molecule has 1 amide bonds. The summed E-state index contributed by atoms with van der Waals surface area (Å²) in [4.78, 5) is 21.9. The number of carbonyl (C=O) groups excluding carboxylic acids is 1. The van der Waals surface area contributed by atoms with Crippen LogP contribution in [0.25, 0.3) is 0 Å². The van der Waals surface area contributed by atoms with E-state index in [1.54, 1.807) is 17.2 Å². The van der Waals surface area contributed by atoms with Crippen molar-refractivity contribution in [2.45, 2.75) is 32.7 Å². The van der Waals surface area contributed by atoms with Gasteiger partial charge in [0.1, 0.15) is 11.9 Å². The number of nitrogens with one attached hydrogen (secondary N) is 1. The highest BCUT2D eigenvalue weighted by molar-refractivity contribution is 5.91. The van der Waals surface area contributed by atoms with Gasteiger partial charge in [0.25, 0.3) is 5.91 Å². The van der Waals surface area contributed by atoms with Crippen LogP contribution in [0.3, 0.4) is 0 Å². The molecule has 1 aliphatic heterocycles. The number of aromatic nitrogens is 3. The second-order valence-corrected chi connectivity index (χ2v) is 5.81. The first-order valence-electron chi connectivity index (χ1n) is 7.43. The van der Waals surface area contributed by atoms with E-state index < -0.39 is 0 Å². The monoisotopic (exact) mass is 304 g/mol. The highest BCUT2D eigenvalue weighted by atomic mass is 16.5. The molecule has 1 aliphatic rings. The molecule has 0 aliphatic carbocycles. The van der Waals surface area contributed by atoms with Crippen LogP contribution < -0.4 is 0 Å². The van der Waals surface area contributed by atoms with Crippen LogP contribution in [0.2, 0.25) is 0 Å². The molecular formula is C15H20N4O3. The predicted octanol–water partition coefficient (Wildman–Crippen LogP) is 2.04. The summed E-state index contributed by atoms with van der Waals surface area (Å²) in [6, 6.07) is 1.48. The number of amides is 1. The molecule has 0 aromatic carbocycles. The Morgan fingerprint density at radius 1 is 1.50 bits per heavy atom. The molecule has 22 heavy (non-hydrogen) atoms. The molecule has 7 nitrogen and oxygen atoms in total. The SMILES string of the molecule is Cc1cnc(C2COCCN2C(=O)c2cc(C(C)C)no2)[nH]1. The molecule has 1 unspecified atom stereocenters. The van der Waals surface area contributed by atoms with E-state index in [9.17, 15) is 4.79 Å². The van der Waals surface area contributed by atoms with Crippen molar-refractivity contribution in [2.24, 2.45) is 0 Å². The summed E-state index contributed by atoms with van der Waals surface area (Å²) in [5.41, 5.74) is 1.73. The van der Waals surface area contributed by atoms with E-state index in [4.69, 9.17) is 9.26 Å². The number of ether oxygens (including phenoxy) is 1. The van der Waals surface area contributed by atoms with Gasteiger partial charge in [-0.25, -0.2) is 4.98 Å². The van der Waals surface area contributed by atoms with E-state index in [0.29, 0.717) is 19.8 Å². The van der Waals surface area contributed by atoms with Crippen LogP contribution in [-0.2, 0) is 4.74 Å². The van der Waals surface area contributed by atoms with Gasteiger partial charge in [0.15, 0.2) is 0 Å². The molecule has 2 aromatic heterocycles. The summed E-state index contributed by atoms with van der Waals surface area (Å²) in [6.45, 7) is 7.38. The van der Waals surface area contributed by atoms with Crippen molar-refractivity contribution >= 4 is 5.91 Å². The van der Waals surface area contributed by atoms with Crippen molar-refractivity contribution in [3.8, 4) is 0 Å². The molecular weight excluding hydrogens is 284 g/mol. The lowest BCUT2D eigenvalue weighted by Gasteiger charge is -2.33. The summed E-state index contributed by atoms with van der Waals surface area (Å²) in [5, 5.41) is 3.96. The third kappa shape index (κ3) is 2.76. The molecule has 1 saturated heterocycles. The molecule has 0 radical (unpaired) electrons. The molecule has 1 N–H and O–H groups in total. The normalized spacial score (nSPS) is 18.9. The fraction of sp³-hybridized carbons (Fsp3) is 0.533. The topological polar surface area (TPSA) is 84.2 Å². The summed E-state index contributed by atoms with van der Waals surface area (Å²) in [7, 11) is 0. The van der Waals surface area contributed by atoms with Crippen molar-refractivity contribution in [3.05, 3.63) is 35.2 Å². The zero-order valence-electron chi connectivity index (χ0n) is 13.0. The van der Waals surface area contributed by atoms with Gasteiger partial charge in [-0.1, -0.05) is 19.0 Å². The quantitative estimate of drug-likeness (QED) is 0.938. The lowest BCUT2D eigenvalue weighted by atomic mass is 10.1. The van der Waals surface area contributed by atoms with Gasteiger partial charge in [-0.05, 0) is 12.8 Å². The second-order valence-electron chi connectivity index (χ2n) is 5.81. The maximum absolute atomic E-state index is 12.7.